The van der Waals surface area contributed by atoms with Gasteiger partial charge in [-0.05, 0) is 31.9 Å². The predicted octanol–water partition coefficient (Wildman–Crippen LogP) is 1.31. The summed E-state index contributed by atoms with van der Waals surface area (Å²) in [5.74, 6) is 0. The highest BCUT2D eigenvalue weighted by molar-refractivity contribution is 5.41. The fourth-order valence-corrected chi connectivity index (χ4v) is 1.26. The van der Waals surface area contributed by atoms with Gasteiger partial charge in [-0.15, -0.1) is 0 Å². The number of hydrogen-bond donors (Lipinski definition) is 2. The summed E-state index contributed by atoms with van der Waals surface area (Å²) >= 11 is 0. The van der Waals surface area contributed by atoms with Gasteiger partial charge in [0.1, 0.15) is 0 Å². The topological polar surface area (TPSA) is 50.9 Å². The molecule has 0 unspecified atom stereocenters. The lowest BCUT2D eigenvalue weighted by Gasteiger charge is -2.11. The van der Waals surface area contributed by atoms with Crippen LogP contribution in [0.2, 0.25) is 0 Å². The van der Waals surface area contributed by atoms with E-state index in [9.17, 15) is 0 Å². The molecule has 2 rings (SSSR count). The van der Waals surface area contributed by atoms with E-state index in [1.54, 1.807) is 6.20 Å². The zero-order chi connectivity index (χ0) is 9.31. The van der Waals surface area contributed by atoms with Crippen molar-refractivity contribution in [2.75, 3.05) is 5.73 Å². The first-order chi connectivity index (χ1) is 6.20. The summed E-state index contributed by atoms with van der Waals surface area (Å²) in [6, 6.07) is 3.75. The molecule has 0 bridgehead atoms. The summed E-state index contributed by atoms with van der Waals surface area (Å²) in [4.78, 5) is 4.22. The van der Waals surface area contributed by atoms with Crippen molar-refractivity contribution in [3.8, 4) is 0 Å². The summed E-state index contributed by atoms with van der Waals surface area (Å²) in [5.41, 5.74) is 7.85. The molecule has 0 amide bonds. The molecule has 1 fully saturated rings. The van der Waals surface area contributed by atoms with E-state index in [1.807, 2.05) is 12.1 Å². The number of anilines is 1. The largest absolute Gasteiger partial charge is 0.397 e. The molecule has 3 N–H and O–H groups in total. The van der Waals surface area contributed by atoms with E-state index >= 15 is 0 Å². The minimum Gasteiger partial charge on any atom is -0.397 e. The van der Waals surface area contributed by atoms with Gasteiger partial charge in [-0.3, -0.25) is 4.98 Å². The smallest absolute Gasteiger partial charge is 0.0770 e. The highest BCUT2D eigenvalue weighted by atomic mass is 15.0. The van der Waals surface area contributed by atoms with Crippen molar-refractivity contribution in [2.24, 2.45) is 0 Å². The van der Waals surface area contributed by atoms with Crippen LogP contribution >= 0.6 is 0 Å². The Bertz CT molecular complexity index is 305. The summed E-state index contributed by atoms with van der Waals surface area (Å²) < 4.78 is 0. The first-order valence-electron chi connectivity index (χ1n) is 4.64. The van der Waals surface area contributed by atoms with Crippen molar-refractivity contribution in [3.63, 3.8) is 0 Å². The quantitative estimate of drug-likeness (QED) is 0.731. The molecule has 1 heterocycles. The van der Waals surface area contributed by atoms with Crippen LogP contribution < -0.4 is 11.1 Å². The lowest BCUT2D eigenvalue weighted by molar-refractivity contribution is 0.533. The Morgan fingerprint density at radius 3 is 3.00 bits per heavy atom. The minimum absolute atomic E-state index is 0.351. The second-order valence-electron chi connectivity index (χ2n) is 3.95. The normalized spacial score (nSPS) is 18.5. The molecule has 0 radical (unpaired) electrons. The van der Waals surface area contributed by atoms with E-state index in [0.717, 1.165) is 17.9 Å². The van der Waals surface area contributed by atoms with Crippen molar-refractivity contribution >= 4 is 5.69 Å². The number of nitrogens with zero attached hydrogens (tertiary/aromatic N) is 1. The van der Waals surface area contributed by atoms with Crippen molar-refractivity contribution in [1.29, 1.82) is 0 Å². The molecule has 1 aliphatic rings. The number of aromatic nitrogens is 1. The van der Waals surface area contributed by atoms with Crippen LogP contribution in [-0.4, -0.2) is 10.5 Å². The first-order valence-corrected chi connectivity index (χ1v) is 4.64. The van der Waals surface area contributed by atoms with Crippen molar-refractivity contribution in [2.45, 2.75) is 31.8 Å². The van der Waals surface area contributed by atoms with Crippen LogP contribution in [0.1, 0.15) is 25.5 Å². The lowest BCUT2D eigenvalue weighted by atomic mass is 10.2. The number of nitrogen functional groups attached to an aromatic ring is 1. The third kappa shape index (κ3) is 1.98. The maximum Gasteiger partial charge on any atom is 0.0770 e. The molecule has 0 aliphatic heterocycles. The Balaban J connectivity index is 1.97. The van der Waals surface area contributed by atoms with E-state index in [2.05, 4.69) is 17.2 Å². The van der Waals surface area contributed by atoms with Gasteiger partial charge < -0.3 is 11.1 Å². The Morgan fingerprint density at radius 2 is 2.38 bits per heavy atom. The van der Waals surface area contributed by atoms with Gasteiger partial charge in [0.25, 0.3) is 0 Å². The first kappa shape index (κ1) is 8.51. The number of pyridine rings is 1. The van der Waals surface area contributed by atoms with Gasteiger partial charge in [0.2, 0.25) is 0 Å². The highest BCUT2D eigenvalue weighted by Crippen LogP contribution is 2.34. The molecule has 0 atom stereocenters. The molecule has 0 aromatic carbocycles. The van der Waals surface area contributed by atoms with Crippen LogP contribution in [0.25, 0.3) is 0 Å². The zero-order valence-electron chi connectivity index (χ0n) is 7.88. The fourth-order valence-electron chi connectivity index (χ4n) is 1.26. The van der Waals surface area contributed by atoms with Gasteiger partial charge >= 0.3 is 0 Å². The third-order valence-corrected chi connectivity index (χ3v) is 2.61. The second kappa shape index (κ2) is 3.00. The minimum atomic E-state index is 0.351. The monoisotopic (exact) mass is 177 g/mol. The lowest BCUT2D eigenvalue weighted by Crippen LogP contribution is -2.27. The van der Waals surface area contributed by atoms with Crippen LogP contribution in [0.5, 0.6) is 0 Å². The van der Waals surface area contributed by atoms with Crippen molar-refractivity contribution < 1.29 is 0 Å². The molecule has 3 nitrogen and oxygen atoms in total. The number of rotatable bonds is 3. The molecule has 0 spiro atoms. The van der Waals surface area contributed by atoms with Gasteiger partial charge in [0.15, 0.2) is 0 Å². The summed E-state index contributed by atoms with van der Waals surface area (Å²) in [6.07, 6.45) is 4.31. The van der Waals surface area contributed by atoms with Gasteiger partial charge in [-0.2, -0.15) is 0 Å². The molecule has 13 heavy (non-hydrogen) atoms. The Kier molecular flexibility index (Phi) is 1.96. The molecule has 70 valence electrons. The fraction of sp³-hybridized carbons (Fsp3) is 0.500. The Morgan fingerprint density at radius 1 is 1.62 bits per heavy atom. The third-order valence-electron chi connectivity index (χ3n) is 2.61. The SMILES string of the molecule is CC1(NCc2ncccc2N)CC1. The molecule has 0 saturated heterocycles. The summed E-state index contributed by atoms with van der Waals surface area (Å²) in [7, 11) is 0. The van der Waals surface area contributed by atoms with Gasteiger partial charge in [0.05, 0.1) is 11.4 Å². The van der Waals surface area contributed by atoms with Gasteiger partial charge in [-0.25, -0.2) is 0 Å². The molecule has 1 aromatic heterocycles. The summed E-state index contributed by atoms with van der Waals surface area (Å²) in [5, 5.41) is 3.45. The Labute approximate surface area is 78.4 Å². The molecule has 1 aromatic rings. The van der Waals surface area contributed by atoms with E-state index in [1.165, 1.54) is 12.8 Å². The summed E-state index contributed by atoms with van der Waals surface area (Å²) in [6.45, 7) is 3.01. The average molecular weight is 177 g/mol. The molecular formula is C10H15N3. The van der Waals surface area contributed by atoms with Crippen LogP contribution in [0.3, 0.4) is 0 Å². The van der Waals surface area contributed by atoms with Crippen molar-refractivity contribution in [1.82, 2.24) is 10.3 Å². The zero-order valence-corrected chi connectivity index (χ0v) is 7.88. The van der Waals surface area contributed by atoms with Crippen LogP contribution in [0.15, 0.2) is 18.3 Å². The van der Waals surface area contributed by atoms with E-state index < -0.39 is 0 Å². The maximum atomic E-state index is 5.77. The average Bonchev–Trinajstić information content (AvgIpc) is 2.83. The molecule has 1 saturated carbocycles. The predicted molar refractivity (Wildman–Crippen MR) is 53.1 cm³/mol. The van der Waals surface area contributed by atoms with Crippen LogP contribution in [0, 0.1) is 0 Å². The second-order valence-corrected chi connectivity index (χ2v) is 3.95. The van der Waals surface area contributed by atoms with Crippen LogP contribution in [0.4, 0.5) is 5.69 Å². The number of nitrogens with two attached hydrogens (primary N) is 1. The standard InChI is InChI=1S/C10H15N3/c1-10(4-5-10)13-7-9-8(11)3-2-6-12-9/h2-3,6,13H,4-5,7,11H2,1H3. The Hall–Kier alpha value is -1.09. The molecule has 1 aliphatic carbocycles. The van der Waals surface area contributed by atoms with Crippen molar-refractivity contribution in [3.05, 3.63) is 24.0 Å². The molecule has 3 heteroatoms. The van der Waals surface area contributed by atoms with Gasteiger partial charge in [0, 0.05) is 18.3 Å². The van der Waals surface area contributed by atoms with Crippen LogP contribution in [-0.2, 0) is 6.54 Å². The highest BCUT2D eigenvalue weighted by Gasteiger charge is 2.36. The maximum absolute atomic E-state index is 5.77. The van der Waals surface area contributed by atoms with E-state index in [0.29, 0.717) is 5.54 Å². The van der Waals surface area contributed by atoms with Gasteiger partial charge in [-0.1, -0.05) is 0 Å². The van der Waals surface area contributed by atoms with E-state index in [4.69, 9.17) is 5.73 Å². The van der Waals surface area contributed by atoms with E-state index in [-0.39, 0.29) is 0 Å². The molecular weight excluding hydrogens is 162 g/mol. The number of hydrogen-bond acceptors (Lipinski definition) is 3. The number of nitrogens with one attached hydrogen (secondary N) is 1.